The van der Waals surface area contributed by atoms with Crippen molar-refractivity contribution in [2.45, 2.75) is 12.8 Å². The van der Waals surface area contributed by atoms with Gasteiger partial charge in [-0.05, 0) is 41.6 Å². The molecule has 2 N–H and O–H groups in total. The maximum Gasteiger partial charge on any atom is 0.173 e. The van der Waals surface area contributed by atoms with Crippen molar-refractivity contribution in [3.05, 3.63) is 41.3 Å². The monoisotopic (exact) mass is 392 g/mol. The largest absolute Gasteiger partial charge is 0.400 e. The zero-order valence-electron chi connectivity index (χ0n) is 13.6. The Labute approximate surface area is 149 Å². The Morgan fingerprint density at radius 3 is 2.75 bits per heavy atom. The van der Waals surface area contributed by atoms with E-state index in [0.717, 1.165) is 47.7 Å². The normalized spacial score (nSPS) is 14.3. The SMILES string of the molecule is C=C/C(=C\N=C)Nc1cc(N2CCCC2)nc2c(Br)cnn12.CO. The van der Waals surface area contributed by atoms with Gasteiger partial charge in [-0.1, -0.05) is 6.58 Å². The molecule has 2 aromatic rings. The van der Waals surface area contributed by atoms with Crippen molar-refractivity contribution < 1.29 is 5.11 Å². The highest BCUT2D eigenvalue weighted by atomic mass is 79.9. The lowest BCUT2D eigenvalue weighted by atomic mass is 10.4. The Bertz CT molecular complexity index is 748. The van der Waals surface area contributed by atoms with Crippen LogP contribution in [0.3, 0.4) is 0 Å². The Kier molecular flexibility index (Phi) is 6.51. The number of halogens is 1. The van der Waals surface area contributed by atoms with Gasteiger partial charge in [0.15, 0.2) is 5.65 Å². The molecule has 3 heterocycles. The molecule has 0 bridgehead atoms. The van der Waals surface area contributed by atoms with Crippen molar-refractivity contribution in [3.8, 4) is 0 Å². The second kappa shape index (κ2) is 8.60. The van der Waals surface area contributed by atoms with E-state index in [1.165, 1.54) is 12.8 Å². The predicted octanol–water partition coefficient (Wildman–Crippen LogP) is 2.84. The van der Waals surface area contributed by atoms with Crippen molar-refractivity contribution in [3.63, 3.8) is 0 Å². The Balaban J connectivity index is 0.00000100. The van der Waals surface area contributed by atoms with E-state index in [-0.39, 0.29) is 0 Å². The average Bonchev–Trinajstić information content (AvgIpc) is 3.27. The molecule has 24 heavy (non-hydrogen) atoms. The number of nitrogens with zero attached hydrogens (tertiary/aromatic N) is 5. The molecular weight excluding hydrogens is 372 g/mol. The number of allylic oxidation sites excluding steroid dienone is 1. The molecule has 0 aromatic carbocycles. The van der Waals surface area contributed by atoms with Gasteiger partial charge >= 0.3 is 0 Å². The summed E-state index contributed by atoms with van der Waals surface area (Å²) in [5.74, 6) is 1.76. The molecule has 1 aliphatic heterocycles. The highest BCUT2D eigenvalue weighted by Gasteiger charge is 2.17. The second-order valence-corrected chi connectivity index (χ2v) is 5.87. The van der Waals surface area contributed by atoms with E-state index >= 15 is 0 Å². The fourth-order valence-electron chi connectivity index (χ4n) is 2.50. The molecule has 3 rings (SSSR count). The first-order valence-electron chi connectivity index (χ1n) is 7.52. The minimum atomic E-state index is 0.751. The summed E-state index contributed by atoms with van der Waals surface area (Å²) in [6.45, 7) is 9.32. The van der Waals surface area contributed by atoms with Crippen LogP contribution in [0.1, 0.15) is 12.8 Å². The standard InChI is InChI=1S/C15H17BrN6.CH4O/c1-3-11(9-17-2)19-14-8-13(21-6-4-5-7-21)20-15-12(16)10-18-22(14)15;1-2/h3,8-10,19H,1-2,4-7H2;2H,1H3/b11-9+;. The van der Waals surface area contributed by atoms with E-state index in [4.69, 9.17) is 10.1 Å². The van der Waals surface area contributed by atoms with Gasteiger partial charge in [-0.3, -0.25) is 4.99 Å². The first-order chi connectivity index (χ1) is 11.7. The van der Waals surface area contributed by atoms with Gasteiger partial charge in [-0.25, -0.2) is 4.98 Å². The number of rotatable bonds is 5. The average molecular weight is 393 g/mol. The predicted molar refractivity (Wildman–Crippen MR) is 102 cm³/mol. The minimum Gasteiger partial charge on any atom is -0.400 e. The smallest absolute Gasteiger partial charge is 0.173 e. The summed E-state index contributed by atoms with van der Waals surface area (Å²) in [7, 11) is 1.00. The molecule has 0 unspecified atom stereocenters. The summed E-state index contributed by atoms with van der Waals surface area (Å²) < 4.78 is 2.62. The van der Waals surface area contributed by atoms with Gasteiger partial charge in [-0.15, -0.1) is 0 Å². The Morgan fingerprint density at radius 1 is 1.42 bits per heavy atom. The number of hydrogen-bond donors (Lipinski definition) is 2. The van der Waals surface area contributed by atoms with Gasteiger partial charge in [0.05, 0.1) is 16.4 Å². The van der Waals surface area contributed by atoms with Gasteiger partial charge in [0.1, 0.15) is 11.6 Å². The van der Waals surface area contributed by atoms with Crippen LogP contribution in [0.5, 0.6) is 0 Å². The lowest BCUT2D eigenvalue weighted by Gasteiger charge is -2.18. The number of nitrogens with one attached hydrogen (secondary N) is 1. The first-order valence-corrected chi connectivity index (χ1v) is 8.31. The molecule has 0 spiro atoms. The minimum absolute atomic E-state index is 0.751. The van der Waals surface area contributed by atoms with Crippen LogP contribution in [0.15, 0.2) is 46.3 Å². The van der Waals surface area contributed by atoms with E-state index < -0.39 is 0 Å². The molecule has 0 aliphatic carbocycles. The topological polar surface area (TPSA) is 78.1 Å². The fraction of sp³-hybridized carbons (Fsp3) is 0.312. The number of aliphatic hydroxyl groups is 1. The quantitative estimate of drug-likeness (QED) is 0.604. The van der Waals surface area contributed by atoms with Crippen molar-refractivity contribution >= 4 is 39.9 Å². The number of aliphatic imine (C=N–C) groups is 1. The molecule has 2 aromatic heterocycles. The summed E-state index contributed by atoms with van der Waals surface area (Å²) in [6.07, 6.45) is 7.45. The summed E-state index contributed by atoms with van der Waals surface area (Å²) in [6, 6.07) is 2.00. The number of aromatic nitrogens is 3. The molecule has 1 fully saturated rings. The van der Waals surface area contributed by atoms with E-state index in [1.54, 1.807) is 23.0 Å². The summed E-state index contributed by atoms with van der Waals surface area (Å²) in [4.78, 5) is 10.8. The number of aliphatic hydroxyl groups excluding tert-OH is 1. The molecule has 0 atom stereocenters. The maximum atomic E-state index is 7.00. The maximum absolute atomic E-state index is 7.00. The summed E-state index contributed by atoms with van der Waals surface area (Å²) in [5.41, 5.74) is 1.53. The van der Waals surface area contributed by atoms with Crippen LogP contribution < -0.4 is 10.2 Å². The molecule has 1 saturated heterocycles. The van der Waals surface area contributed by atoms with Crippen LogP contribution in [0.4, 0.5) is 11.6 Å². The lowest BCUT2D eigenvalue weighted by molar-refractivity contribution is 0.399. The number of hydrogen-bond acceptors (Lipinski definition) is 6. The molecule has 0 amide bonds. The van der Waals surface area contributed by atoms with E-state index in [9.17, 15) is 0 Å². The Morgan fingerprint density at radius 2 is 2.12 bits per heavy atom. The molecule has 0 saturated carbocycles. The van der Waals surface area contributed by atoms with E-state index in [1.807, 2.05) is 6.07 Å². The highest BCUT2D eigenvalue weighted by Crippen LogP contribution is 2.27. The van der Waals surface area contributed by atoms with Crippen LogP contribution in [-0.4, -0.2) is 46.6 Å². The van der Waals surface area contributed by atoms with Crippen molar-refractivity contribution in [1.82, 2.24) is 14.6 Å². The van der Waals surface area contributed by atoms with Crippen LogP contribution in [0.2, 0.25) is 0 Å². The third-order valence-electron chi connectivity index (χ3n) is 3.57. The lowest BCUT2D eigenvalue weighted by Crippen LogP contribution is -2.20. The van der Waals surface area contributed by atoms with Gasteiger partial charge in [0, 0.05) is 32.5 Å². The molecule has 128 valence electrons. The number of fused-ring (bicyclic) bond motifs is 1. The van der Waals surface area contributed by atoms with Crippen molar-refractivity contribution in [2.24, 2.45) is 4.99 Å². The van der Waals surface area contributed by atoms with E-state index in [0.29, 0.717) is 0 Å². The summed E-state index contributed by atoms with van der Waals surface area (Å²) in [5, 5.41) is 14.6. The van der Waals surface area contributed by atoms with Gasteiger partial charge in [0.2, 0.25) is 0 Å². The van der Waals surface area contributed by atoms with Gasteiger partial charge in [-0.2, -0.15) is 9.61 Å². The van der Waals surface area contributed by atoms with Crippen LogP contribution in [-0.2, 0) is 0 Å². The second-order valence-electron chi connectivity index (χ2n) is 5.02. The molecular formula is C16H21BrN6O. The zero-order valence-corrected chi connectivity index (χ0v) is 15.2. The van der Waals surface area contributed by atoms with Gasteiger partial charge in [0.25, 0.3) is 0 Å². The molecule has 7 nitrogen and oxygen atoms in total. The summed E-state index contributed by atoms with van der Waals surface area (Å²) >= 11 is 3.50. The third kappa shape index (κ3) is 3.82. The Hall–Kier alpha value is -2.19. The van der Waals surface area contributed by atoms with Gasteiger partial charge < -0.3 is 15.3 Å². The molecule has 1 aliphatic rings. The van der Waals surface area contributed by atoms with E-state index in [2.05, 4.69) is 49.5 Å². The third-order valence-corrected chi connectivity index (χ3v) is 4.13. The van der Waals surface area contributed by atoms with Crippen molar-refractivity contribution in [1.29, 1.82) is 0 Å². The van der Waals surface area contributed by atoms with Crippen LogP contribution in [0.25, 0.3) is 5.65 Å². The molecule has 8 heteroatoms. The van der Waals surface area contributed by atoms with Crippen molar-refractivity contribution in [2.75, 3.05) is 30.4 Å². The molecule has 0 radical (unpaired) electrons. The highest BCUT2D eigenvalue weighted by molar-refractivity contribution is 9.10. The number of anilines is 2. The fourth-order valence-corrected chi connectivity index (χ4v) is 2.85. The van der Waals surface area contributed by atoms with Crippen LogP contribution >= 0.6 is 15.9 Å². The first kappa shape index (κ1) is 18.2. The van der Waals surface area contributed by atoms with Crippen LogP contribution in [0, 0.1) is 0 Å². The zero-order chi connectivity index (χ0) is 17.5.